The molecular formula is C21H35F3O. The predicted molar refractivity (Wildman–Crippen MR) is 100 cm³/mol. The lowest BCUT2D eigenvalue weighted by Gasteiger charge is -2.14. The first-order valence-corrected chi connectivity index (χ1v) is 9.61. The standard InChI is InChI=1S/C13H17F3O.C8H18/c1-4-5-17-12-7-10(9(2)3)6-11(8-12)13(14,15)16;1-3-5-7-8-6-4-2/h6-9H,4-5H2,1-3H3;3-8H2,1-2H3. The van der Waals surface area contributed by atoms with E-state index in [1.165, 1.54) is 44.6 Å². The van der Waals surface area contributed by atoms with Crippen LogP contribution in [0.25, 0.3) is 0 Å². The average Bonchev–Trinajstić information content (AvgIpc) is 2.56. The van der Waals surface area contributed by atoms with E-state index in [1.54, 1.807) is 6.07 Å². The highest BCUT2D eigenvalue weighted by Gasteiger charge is 2.31. The number of halogens is 3. The van der Waals surface area contributed by atoms with Crippen LogP contribution in [0.4, 0.5) is 13.2 Å². The van der Waals surface area contributed by atoms with Crippen LogP contribution in [-0.2, 0) is 6.18 Å². The van der Waals surface area contributed by atoms with Crippen molar-refractivity contribution in [3.8, 4) is 5.75 Å². The van der Waals surface area contributed by atoms with E-state index >= 15 is 0 Å². The molecule has 0 N–H and O–H groups in total. The fraction of sp³-hybridized carbons (Fsp3) is 0.714. The highest BCUT2D eigenvalue weighted by atomic mass is 19.4. The zero-order valence-electron chi connectivity index (χ0n) is 16.5. The first-order chi connectivity index (χ1) is 11.8. The Morgan fingerprint density at radius 3 is 1.80 bits per heavy atom. The van der Waals surface area contributed by atoms with Crippen molar-refractivity contribution in [3.63, 3.8) is 0 Å². The van der Waals surface area contributed by atoms with Crippen molar-refractivity contribution in [2.24, 2.45) is 0 Å². The van der Waals surface area contributed by atoms with E-state index in [9.17, 15) is 13.2 Å². The minimum Gasteiger partial charge on any atom is -0.494 e. The highest BCUT2D eigenvalue weighted by Crippen LogP contribution is 2.34. The minimum absolute atomic E-state index is 0.0428. The van der Waals surface area contributed by atoms with E-state index < -0.39 is 11.7 Å². The number of hydrogen-bond acceptors (Lipinski definition) is 1. The lowest BCUT2D eigenvalue weighted by atomic mass is 10.00. The van der Waals surface area contributed by atoms with Crippen LogP contribution in [-0.4, -0.2) is 6.61 Å². The second kappa shape index (κ2) is 13.1. The van der Waals surface area contributed by atoms with Gasteiger partial charge < -0.3 is 4.74 Å². The number of unbranched alkanes of at least 4 members (excludes halogenated alkanes) is 5. The Morgan fingerprint density at radius 1 is 0.840 bits per heavy atom. The van der Waals surface area contributed by atoms with Crippen molar-refractivity contribution in [1.29, 1.82) is 0 Å². The Balaban J connectivity index is 0.000000609. The molecule has 0 unspecified atom stereocenters. The third-order valence-corrected chi connectivity index (χ3v) is 3.85. The quantitative estimate of drug-likeness (QED) is 0.405. The number of hydrogen-bond donors (Lipinski definition) is 0. The van der Waals surface area contributed by atoms with Gasteiger partial charge >= 0.3 is 6.18 Å². The van der Waals surface area contributed by atoms with Gasteiger partial charge in [-0.15, -0.1) is 0 Å². The molecule has 0 fully saturated rings. The number of benzene rings is 1. The SMILES string of the molecule is CCCCCCCC.CCCOc1cc(C(C)C)cc(C(F)(F)F)c1. The molecule has 0 radical (unpaired) electrons. The topological polar surface area (TPSA) is 9.23 Å². The van der Waals surface area contributed by atoms with Gasteiger partial charge in [0.15, 0.2) is 0 Å². The van der Waals surface area contributed by atoms with Gasteiger partial charge in [-0.25, -0.2) is 0 Å². The maximum Gasteiger partial charge on any atom is 0.416 e. The van der Waals surface area contributed by atoms with Crippen molar-refractivity contribution in [2.75, 3.05) is 6.61 Å². The highest BCUT2D eigenvalue weighted by molar-refractivity contribution is 5.37. The maximum atomic E-state index is 12.7. The molecule has 0 saturated heterocycles. The van der Waals surface area contributed by atoms with Gasteiger partial charge in [0.25, 0.3) is 0 Å². The Hall–Kier alpha value is -1.19. The average molecular weight is 361 g/mol. The largest absolute Gasteiger partial charge is 0.494 e. The van der Waals surface area contributed by atoms with E-state index in [2.05, 4.69) is 13.8 Å². The summed E-state index contributed by atoms with van der Waals surface area (Å²) in [5.74, 6) is 0.339. The normalized spacial score (nSPS) is 11.2. The molecule has 0 aliphatic carbocycles. The molecule has 0 aromatic heterocycles. The Bertz CT molecular complexity index is 447. The van der Waals surface area contributed by atoms with Crippen LogP contribution in [0.15, 0.2) is 18.2 Å². The predicted octanol–water partition coefficient (Wildman–Crippen LogP) is 7.98. The van der Waals surface area contributed by atoms with Gasteiger partial charge in [-0.3, -0.25) is 0 Å². The lowest BCUT2D eigenvalue weighted by molar-refractivity contribution is -0.137. The van der Waals surface area contributed by atoms with Gasteiger partial charge in [-0.2, -0.15) is 13.2 Å². The fourth-order valence-corrected chi connectivity index (χ4v) is 2.28. The lowest BCUT2D eigenvalue weighted by Crippen LogP contribution is -2.07. The van der Waals surface area contributed by atoms with Crippen LogP contribution < -0.4 is 4.74 Å². The summed E-state index contributed by atoms with van der Waals surface area (Å²) in [7, 11) is 0. The van der Waals surface area contributed by atoms with Crippen molar-refractivity contribution >= 4 is 0 Å². The van der Waals surface area contributed by atoms with Crippen molar-refractivity contribution < 1.29 is 17.9 Å². The van der Waals surface area contributed by atoms with Crippen LogP contribution in [0.2, 0.25) is 0 Å². The number of alkyl halides is 3. The molecule has 0 aliphatic heterocycles. The second-order valence-corrected chi connectivity index (χ2v) is 6.71. The maximum absolute atomic E-state index is 12.7. The molecule has 1 aromatic carbocycles. The van der Waals surface area contributed by atoms with Gasteiger partial charge in [-0.1, -0.05) is 73.1 Å². The Morgan fingerprint density at radius 2 is 1.40 bits per heavy atom. The molecule has 0 saturated carbocycles. The van der Waals surface area contributed by atoms with E-state index in [1.807, 2.05) is 20.8 Å². The number of rotatable bonds is 9. The van der Waals surface area contributed by atoms with Gasteiger partial charge in [0.05, 0.1) is 12.2 Å². The van der Waals surface area contributed by atoms with Crippen LogP contribution in [0.3, 0.4) is 0 Å². The first-order valence-electron chi connectivity index (χ1n) is 9.61. The molecule has 25 heavy (non-hydrogen) atoms. The molecule has 1 aromatic rings. The fourth-order valence-electron chi connectivity index (χ4n) is 2.28. The molecule has 0 bridgehead atoms. The van der Waals surface area contributed by atoms with E-state index in [0.29, 0.717) is 17.9 Å². The minimum atomic E-state index is -4.32. The summed E-state index contributed by atoms with van der Waals surface area (Å²) >= 11 is 0. The summed E-state index contributed by atoms with van der Waals surface area (Å²) in [6.07, 6.45) is 4.94. The van der Waals surface area contributed by atoms with E-state index in [-0.39, 0.29) is 5.92 Å². The molecule has 0 aliphatic rings. The molecular weight excluding hydrogens is 325 g/mol. The Kier molecular flexibility index (Phi) is 12.5. The first kappa shape index (κ1) is 23.8. The molecule has 1 nitrogen and oxygen atoms in total. The van der Waals surface area contributed by atoms with Gasteiger partial charge in [0.2, 0.25) is 0 Å². The summed E-state index contributed by atoms with van der Waals surface area (Å²) in [6.45, 7) is 10.6. The zero-order valence-corrected chi connectivity index (χ0v) is 16.5. The van der Waals surface area contributed by atoms with Crippen LogP contribution in [0.5, 0.6) is 5.75 Å². The van der Waals surface area contributed by atoms with Gasteiger partial charge in [0.1, 0.15) is 5.75 Å². The molecule has 146 valence electrons. The van der Waals surface area contributed by atoms with Crippen LogP contribution >= 0.6 is 0 Å². The molecule has 0 heterocycles. The van der Waals surface area contributed by atoms with Crippen LogP contribution in [0.1, 0.15) is 96.6 Å². The summed E-state index contributed by atoms with van der Waals surface area (Å²) in [5, 5.41) is 0. The monoisotopic (exact) mass is 360 g/mol. The van der Waals surface area contributed by atoms with Crippen molar-refractivity contribution in [3.05, 3.63) is 29.3 Å². The summed E-state index contributed by atoms with van der Waals surface area (Å²) in [6, 6.07) is 3.92. The summed E-state index contributed by atoms with van der Waals surface area (Å²) in [4.78, 5) is 0. The third kappa shape index (κ3) is 11.1. The van der Waals surface area contributed by atoms with Crippen LogP contribution in [0, 0.1) is 0 Å². The smallest absolute Gasteiger partial charge is 0.416 e. The van der Waals surface area contributed by atoms with Crippen molar-refractivity contribution in [2.45, 2.75) is 91.7 Å². The zero-order chi connectivity index (χ0) is 19.3. The van der Waals surface area contributed by atoms with Gasteiger partial charge in [0, 0.05) is 0 Å². The summed E-state index contributed by atoms with van der Waals surface area (Å²) < 4.78 is 43.3. The van der Waals surface area contributed by atoms with E-state index in [4.69, 9.17) is 4.74 Å². The van der Waals surface area contributed by atoms with E-state index in [0.717, 1.165) is 12.5 Å². The second-order valence-electron chi connectivity index (χ2n) is 6.71. The molecule has 1 rings (SSSR count). The van der Waals surface area contributed by atoms with Crippen molar-refractivity contribution in [1.82, 2.24) is 0 Å². The molecule has 0 amide bonds. The van der Waals surface area contributed by atoms with Gasteiger partial charge in [-0.05, 0) is 36.1 Å². The molecule has 0 atom stereocenters. The Labute approximate surface area is 152 Å². The number of ether oxygens (including phenoxy) is 1. The third-order valence-electron chi connectivity index (χ3n) is 3.85. The summed E-state index contributed by atoms with van der Waals surface area (Å²) in [5.41, 5.74) is 0.000677. The molecule has 0 spiro atoms. The molecule has 4 heteroatoms.